The van der Waals surface area contributed by atoms with Crippen LogP contribution in [0.5, 0.6) is 5.75 Å². The van der Waals surface area contributed by atoms with E-state index in [2.05, 4.69) is 15.1 Å². The second kappa shape index (κ2) is 6.48. The summed E-state index contributed by atoms with van der Waals surface area (Å²) in [6, 6.07) is 15.3. The summed E-state index contributed by atoms with van der Waals surface area (Å²) in [5.41, 5.74) is 3.05. The molecule has 130 valence electrons. The standard InChI is InChI=1S/C20H17N3O3/c1-12-3-6-14-11-16(20(24)21-17(14)9-12)19-22-18(26-23-19)10-13-4-7-15(25-2)8-5-13/h3-9,11H,10H2,1-2H3,(H,21,24). The molecule has 0 radical (unpaired) electrons. The highest BCUT2D eigenvalue weighted by Gasteiger charge is 2.13. The Balaban J connectivity index is 1.64. The number of hydrogen-bond donors (Lipinski definition) is 1. The lowest BCUT2D eigenvalue weighted by Crippen LogP contribution is -2.09. The number of H-pyrrole nitrogens is 1. The summed E-state index contributed by atoms with van der Waals surface area (Å²) >= 11 is 0. The number of hydrogen-bond acceptors (Lipinski definition) is 5. The largest absolute Gasteiger partial charge is 0.497 e. The number of fused-ring (bicyclic) bond motifs is 1. The maximum absolute atomic E-state index is 12.4. The smallest absolute Gasteiger partial charge is 0.259 e. The van der Waals surface area contributed by atoms with Gasteiger partial charge in [0.05, 0.1) is 19.1 Å². The summed E-state index contributed by atoms with van der Waals surface area (Å²) in [7, 11) is 1.63. The van der Waals surface area contributed by atoms with Gasteiger partial charge in [0.15, 0.2) is 0 Å². The summed E-state index contributed by atoms with van der Waals surface area (Å²) in [6.45, 7) is 1.98. The van der Waals surface area contributed by atoms with Crippen LogP contribution in [0.2, 0.25) is 0 Å². The van der Waals surface area contributed by atoms with E-state index in [-0.39, 0.29) is 11.4 Å². The SMILES string of the molecule is COc1ccc(Cc2nc(-c3cc4ccc(C)cc4[nH]c3=O)no2)cc1. The van der Waals surface area contributed by atoms with Crippen molar-refractivity contribution in [3.8, 4) is 17.1 Å². The fourth-order valence-electron chi connectivity index (χ4n) is 2.84. The normalized spacial score (nSPS) is 11.0. The van der Waals surface area contributed by atoms with Crippen molar-refractivity contribution in [1.82, 2.24) is 15.1 Å². The van der Waals surface area contributed by atoms with Crippen molar-refractivity contribution in [3.63, 3.8) is 0 Å². The summed E-state index contributed by atoms with van der Waals surface area (Å²) in [6.07, 6.45) is 0.488. The van der Waals surface area contributed by atoms with E-state index in [9.17, 15) is 4.79 Å². The lowest BCUT2D eigenvalue weighted by molar-refractivity contribution is 0.385. The maximum atomic E-state index is 12.4. The predicted molar refractivity (Wildman–Crippen MR) is 98.4 cm³/mol. The number of nitrogens with zero attached hydrogens (tertiary/aromatic N) is 2. The van der Waals surface area contributed by atoms with Gasteiger partial charge >= 0.3 is 0 Å². The fraction of sp³-hybridized carbons (Fsp3) is 0.150. The van der Waals surface area contributed by atoms with E-state index >= 15 is 0 Å². The van der Waals surface area contributed by atoms with Gasteiger partial charge in [-0.2, -0.15) is 4.98 Å². The van der Waals surface area contributed by atoms with E-state index in [1.165, 1.54) is 0 Å². The first kappa shape index (κ1) is 16.1. The van der Waals surface area contributed by atoms with E-state index in [4.69, 9.17) is 9.26 Å². The van der Waals surface area contributed by atoms with Crippen LogP contribution in [0, 0.1) is 6.92 Å². The Bertz CT molecular complexity index is 1130. The number of pyridine rings is 1. The van der Waals surface area contributed by atoms with Crippen LogP contribution in [0.1, 0.15) is 17.0 Å². The second-order valence-electron chi connectivity index (χ2n) is 6.14. The first-order chi connectivity index (χ1) is 12.6. The maximum Gasteiger partial charge on any atom is 0.259 e. The molecule has 2 aromatic carbocycles. The molecule has 0 bridgehead atoms. The highest BCUT2D eigenvalue weighted by atomic mass is 16.5. The quantitative estimate of drug-likeness (QED) is 0.611. The third kappa shape index (κ3) is 3.09. The molecular weight excluding hydrogens is 330 g/mol. The molecule has 1 N–H and O–H groups in total. The Labute approximate surface area is 149 Å². The van der Waals surface area contributed by atoms with Gasteiger partial charge in [0.25, 0.3) is 5.56 Å². The Morgan fingerprint density at radius 1 is 1.12 bits per heavy atom. The molecule has 0 aliphatic carbocycles. The van der Waals surface area contributed by atoms with Crippen molar-refractivity contribution in [1.29, 1.82) is 0 Å². The first-order valence-electron chi connectivity index (χ1n) is 8.22. The van der Waals surface area contributed by atoms with E-state index in [1.807, 2.05) is 49.4 Å². The molecule has 0 saturated carbocycles. The molecule has 0 saturated heterocycles. The number of methoxy groups -OCH3 is 1. The summed E-state index contributed by atoms with van der Waals surface area (Å²) in [4.78, 5) is 19.6. The van der Waals surface area contributed by atoms with Gasteiger partial charge in [-0.3, -0.25) is 4.79 Å². The van der Waals surface area contributed by atoms with Crippen LogP contribution in [-0.4, -0.2) is 22.2 Å². The predicted octanol–water partition coefficient (Wildman–Crippen LogP) is 3.49. The number of aryl methyl sites for hydroxylation is 1. The first-order valence-corrected chi connectivity index (χ1v) is 8.22. The molecule has 6 heteroatoms. The highest BCUT2D eigenvalue weighted by Crippen LogP contribution is 2.20. The Kier molecular flexibility index (Phi) is 4.01. The zero-order valence-corrected chi connectivity index (χ0v) is 14.4. The summed E-state index contributed by atoms with van der Waals surface area (Å²) in [5, 5.41) is 4.89. The van der Waals surface area contributed by atoms with Crippen molar-refractivity contribution >= 4 is 10.9 Å². The van der Waals surface area contributed by atoms with Crippen LogP contribution >= 0.6 is 0 Å². The van der Waals surface area contributed by atoms with Gasteiger partial charge in [0.1, 0.15) is 5.75 Å². The van der Waals surface area contributed by atoms with Crippen LogP contribution in [-0.2, 0) is 6.42 Å². The molecular formula is C20H17N3O3. The summed E-state index contributed by atoms with van der Waals surface area (Å²) in [5.74, 6) is 1.53. The summed E-state index contributed by atoms with van der Waals surface area (Å²) < 4.78 is 10.5. The highest BCUT2D eigenvalue weighted by molar-refractivity contribution is 5.82. The number of rotatable bonds is 4. The molecule has 0 aliphatic heterocycles. The van der Waals surface area contributed by atoms with E-state index in [0.29, 0.717) is 17.9 Å². The minimum absolute atomic E-state index is 0.236. The number of aromatic nitrogens is 3. The number of ether oxygens (including phenoxy) is 1. The molecule has 0 fully saturated rings. The minimum Gasteiger partial charge on any atom is -0.497 e. The topological polar surface area (TPSA) is 81.0 Å². The van der Waals surface area contributed by atoms with Crippen LogP contribution < -0.4 is 10.3 Å². The van der Waals surface area contributed by atoms with Crippen molar-refractivity contribution in [3.05, 3.63) is 75.9 Å². The minimum atomic E-state index is -0.236. The van der Waals surface area contributed by atoms with E-state index < -0.39 is 0 Å². The van der Waals surface area contributed by atoms with E-state index in [1.54, 1.807) is 13.2 Å². The van der Waals surface area contributed by atoms with Crippen LogP contribution in [0.3, 0.4) is 0 Å². The van der Waals surface area contributed by atoms with Crippen molar-refractivity contribution in [2.45, 2.75) is 13.3 Å². The van der Waals surface area contributed by atoms with Gasteiger partial charge in [0.2, 0.25) is 11.7 Å². The Hall–Kier alpha value is -3.41. The van der Waals surface area contributed by atoms with Gasteiger partial charge in [-0.05, 0) is 47.7 Å². The lowest BCUT2D eigenvalue weighted by Gasteiger charge is -2.01. The number of aromatic amines is 1. The van der Waals surface area contributed by atoms with Crippen LogP contribution in [0.4, 0.5) is 0 Å². The molecule has 4 rings (SSSR count). The van der Waals surface area contributed by atoms with Crippen LogP contribution in [0.25, 0.3) is 22.3 Å². The zero-order valence-electron chi connectivity index (χ0n) is 14.4. The second-order valence-corrected chi connectivity index (χ2v) is 6.14. The zero-order chi connectivity index (χ0) is 18.1. The van der Waals surface area contributed by atoms with E-state index in [0.717, 1.165) is 27.8 Å². The Morgan fingerprint density at radius 3 is 2.69 bits per heavy atom. The molecule has 4 aromatic rings. The molecule has 0 unspecified atom stereocenters. The van der Waals surface area contributed by atoms with Crippen molar-refractivity contribution in [2.24, 2.45) is 0 Å². The molecule has 0 spiro atoms. The van der Waals surface area contributed by atoms with Gasteiger partial charge in [0, 0.05) is 5.52 Å². The monoisotopic (exact) mass is 347 g/mol. The average Bonchev–Trinajstić information content (AvgIpc) is 3.10. The van der Waals surface area contributed by atoms with Gasteiger partial charge in [-0.15, -0.1) is 0 Å². The molecule has 26 heavy (non-hydrogen) atoms. The van der Waals surface area contributed by atoms with Gasteiger partial charge in [-0.1, -0.05) is 29.4 Å². The molecule has 0 aliphatic rings. The third-order valence-corrected chi connectivity index (χ3v) is 4.22. The molecule has 2 heterocycles. The Morgan fingerprint density at radius 2 is 1.92 bits per heavy atom. The van der Waals surface area contributed by atoms with Gasteiger partial charge in [-0.25, -0.2) is 0 Å². The van der Waals surface area contributed by atoms with Crippen LogP contribution in [0.15, 0.2) is 57.8 Å². The molecule has 2 aromatic heterocycles. The van der Waals surface area contributed by atoms with Crippen molar-refractivity contribution < 1.29 is 9.26 Å². The average molecular weight is 347 g/mol. The van der Waals surface area contributed by atoms with Crippen molar-refractivity contribution in [2.75, 3.05) is 7.11 Å². The third-order valence-electron chi connectivity index (χ3n) is 4.22. The van der Waals surface area contributed by atoms with Gasteiger partial charge < -0.3 is 14.2 Å². The molecule has 6 nitrogen and oxygen atoms in total. The number of nitrogens with one attached hydrogen (secondary N) is 1. The fourth-order valence-corrected chi connectivity index (χ4v) is 2.84. The molecule has 0 atom stereocenters. The number of benzene rings is 2. The lowest BCUT2D eigenvalue weighted by atomic mass is 10.1. The molecule has 0 amide bonds.